The van der Waals surface area contributed by atoms with Crippen LogP contribution in [0.25, 0.3) is 6.08 Å². The zero-order valence-corrected chi connectivity index (χ0v) is 19.4. The fourth-order valence-electron chi connectivity index (χ4n) is 3.03. The van der Waals surface area contributed by atoms with E-state index in [1.165, 1.54) is 18.2 Å². The summed E-state index contributed by atoms with van der Waals surface area (Å²) in [5.74, 6) is 0.469. The van der Waals surface area contributed by atoms with Gasteiger partial charge in [-0.1, -0.05) is 24.3 Å². The molecule has 0 aliphatic rings. The van der Waals surface area contributed by atoms with Gasteiger partial charge in [0.05, 0.1) is 13.7 Å². The molecule has 0 fully saturated rings. The van der Waals surface area contributed by atoms with Crippen LogP contribution in [0.4, 0.5) is 10.5 Å². The average Bonchev–Trinajstić information content (AvgIpc) is 2.87. The van der Waals surface area contributed by atoms with Gasteiger partial charge in [0.2, 0.25) is 5.91 Å². The lowest BCUT2D eigenvalue weighted by Crippen LogP contribution is -2.22. The molecule has 2 amide bonds. The number of rotatable bonds is 9. The first-order chi connectivity index (χ1) is 17.0. The first-order valence-electron chi connectivity index (χ1n) is 10.9. The van der Waals surface area contributed by atoms with Crippen LogP contribution in [-0.2, 0) is 16.1 Å². The Morgan fingerprint density at radius 3 is 2.31 bits per heavy atom. The van der Waals surface area contributed by atoms with E-state index in [4.69, 9.17) is 14.2 Å². The minimum atomic E-state index is -0.798. The molecule has 8 nitrogen and oxygen atoms in total. The van der Waals surface area contributed by atoms with Crippen LogP contribution >= 0.6 is 0 Å². The fraction of sp³-hybridized carbons (Fsp3) is 0.148. The van der Waals surface area contributed by atoms with Gasteiger partial charge >= 0.3 is 6.16 Å². The second-order valence-electron chi connectivity index (χ2n) is 7.29. The maximum absolute atomic E-state index is 12.4. The molecule has 3 aromatic rings. The molecule has 0 aliphatic heterocycles. The predicted molar refractivity (Wildman–Crippen MR) is 132 cm³/mol. The molecular formula is C27H26N2O6. The molecule has 0 saturated carbocycles. The molecule has 3 aromatic carbocycles. The van der Waals surface area contributed by atoms with Crippen LogP contribution in [0, 0.1) is 0 Å². The largest absolute Gasteiger partial charge is 0.513 e. The van der Waals surface area contributed by atoms with Crippen molar-refractivity contribution >= 4 is 29.7 Å². The van der Waals surface area contributed by atoms with Crippen molar-refractivity contribution in [2.45, 2.75) is 13.5 Å². The van der Waals surface area contributed by atoms with Crippen molar-refractivity contribution in [3.63, 3.8) is 0 Å². The lowest BCUT2D eigenvalue weighted by atomic mass is 10.1. The van der Waals surface area contributed by atoms with E-state index in [1.54, 1.807) is 50.4 Å². The molecule has 0 unspecified atom stereocenters. The lowest BCUT2D eigenvalue weighted by Gasteiger charge is -2.09. The topological polar surface area (TPSA) is 103 Å². The highest BCUT2D eigenvalue weighted by molar-refractivity contribution is 6.02. The van der Waals surface area contributed by atoms with Gasteiger partial charge in [-0.25, -0.2) is 4.79 Å². The average molecular weight is 475 g/mol. The molecule has 180 valence electrons. The molecule has 0 aromatic heterocycles. The Hall–Kier alpha value is -4.59. The van der Waals surface area contributed by atoms with Gasteiger partial charge in [0, 0.05) is 23.9 Å². The van der Waals surface area contributed by atoms with Crippen molar-refractivity contribution in [3.05, 3.63) is 95.6 Å². The van der Waals surface area contributed by atoms with E-state index >= 15 is 0 Å². The summed E-state index contributed by atoms with van der Waals surface area (Å²) >= 11 is 0. The Balaban J connectivity index is 1.51. The van der Waals surface area contributed by atoms with Crippen molar-refractivity contribution in [1.29, 1.82) is 0 Å². The molecule has 0 aliphatic carbocycles. The summed E-state index contributed by atoms with van der Waals surface area (Å²) in [5.41, 5.74) is 2.71. The number of carbonyl (C=O) groups excluding carboxylic acids is 3. The molecule has 0 spiro atoms. The molecule has 0 heterocycles. The Bertz CT molecular complexity index is 1190. The van der Waals surface area contributed by atoms with Crippen molar-refractivity contribution in [1.82, 2.24) is 5.32 Å². The SMILES string of the molecule is CCOC(=O)Oc1ccc(C(=O)NCc2cccc(NC(=O)/C=C/c3ccc(OC)cc3)c2)cc1. The van der Waals surface area contributed by atoms with Gasteiger partial charge in [0.15, 0.2) is 0 Å². The first-order valence-corrected chi connectivity index (χ1v) is 10.9. The Morgan fingerprint density at radius 2 is 1.63 bits per heavy atom. The molecule has 0 radical (unpaired) electrons. The molecule has 35 heavy (non-hydrogen) atoms. The van der Waals surface area contributed by atoms with Crippen LogP contribution in [0.1, 0.15) is 28.4 Å². The minimum Gasteiger partial charge on any atom is -0.497 e. The highest BCUT2D eigenvalue weighted by atomic mass is 16.7. The summed E-state index contributed by atoms with van der Waals surface area (Å²) in [6.07, 6.45) is 2.36. The van der Waals surface area contributed by atoms with E-state index in [0.29, 0.717) is 11.3 Å². The van der Waals surface area contributed by atoms with Crippen molar-refractivity contribution in [2.24, 2.45) is 0 Å². The third-order valence-corrected chi connectivity index (χ3v) is 4.77. The van der Waals surface area contributed by atoms with Crippen molar-refractivity contribution in [3.8, 4) is 11.5 Å². The molecule has 0 bridgehead atoms. The number of benzene rings is 3. The van der Waals surface area contributed by atoms with E-state index in [9.17, 15) is 14.4 Å². The van der Waals surface area contributed by atoms with E-state index < -0.39 is 6.16 Å². The second kappa shape index (κ2) is 12.6. The number of methoxy groups -OCH3 is 1. The van der Waals surface area contributed by atoms with E-state index in [1.807, 2.05) is 30.3 Å². The first kappa shape index (κ1) is 25.0. The standard InChI is InChI=1S/C27H26N2O6/c1-3-34-27(32)35-24-14-10-21(11-15-24)26(31)28-18-20-5-4-6-22(17-20)29-25(30)16-9-19-7-12-23(33-2)13-8-19/h4-17H,3,18H2,1-2H3,(H,28,31)(H,29,30)/b16-9+. The van der Waals surface area contributed by atoms with Gasteiger partial charge in [-0.05, 0) is 72.7 Å². The number of hydrogen-bond donors (Lipinski definition) is 2. The van der Waals surface area contributed by atoms with Crippen molar-refractivity contribution < 1.29 is 28.6 Å². The number of carbonyl (C=O) groups is 3. The fourth-order valence-corrected chi connectivity index (χ4v) is 3.03. The zero-order chi connectivity index (χ0) is 25.0. The Morgan fingerprint density at radius 1 is 0.914 bits per heavy atom. The smallest absolute Gasteiger partial charge is 0.497 e. The van der Waals surface area contributed by atoms with E-state index in [2.05, 4.69) is 10.6 Å². The number of hydrogen-bond acceptors (Lipinski definition) is 6. The van der Waals surface area contributed by atoms with Gasteiger partial charge in [-0.2, -0.15) is 0 Å². The van der Waals surface area contributed by atoms with Gasteiger partial charge < -0.3 is 24.8 Å². The van der Waals surface area contributed by atoms with E-state index in [-0.39, 0.29) is 30.7 Å². The van der Waals surface area contributed by atoms with Gasteiger partial charge in [-0.3, -0.25) is 9.59 Å². The summed E-state index contributed by atoms with van der Waals surface area (Å²) < 4.78 is 14.8. The quantitative estimate of drug-likeness (QED) is 0.262. The number of anilines is 1. The number of ether oxygens (including phenoxy) is 3. The number of nitrogens with one attached hydrogen (secondary N) is 2. The summed E-state index contributed by atoms with van der Waals surface area (Å²) in [4.78, 5) is 36.1. The summed E-state index contributed by atoms with van der Waals surface area (Å²) in [5, 5.41) is 5.63. The third-order valence-electron chi connectivity index (χ3n) is 4.77. The molecule has 0 atom stereocenters. The Kier molecular flexibility index (Phi) is 9.01. The highest BCUT2D eigenvalue weighted by Crippen LogP contribution is 2.15. The van der Waals surface area contributed by atoms with E-state index in [0.717, 1.165) is 16.9 Å². The molecular weight excluding hydrogens is 448 g/mol. The molecule has 0 saturated heterocycles. The van der Waals surface area contributed by atoms with Gasteiger partial charge in [0.1, 0.15) is 11.5 Å². The summed E-state index contributed by atoms with van der Waals surface area (Å²) in [7, 11) is 1.60. The van der Waals surface area contributed by atoms with Crippen LogP contribution in [0.15, 0.2) is 78.9 Å². The van der Waals surface area contributed by atoms with Crippen LogP contribution in [0.5, 0.6) is 11.5 Å². The Labute approximate surface area is 203 Å². The van der Waals surface area contributed by atoms with Crippen molar-refractivity contribution in [2.75, 3.05) is 19.0 Å². The molecule has 3 rings (SSSR count). The third kappa shape index (κ3) is 8.04. The van der Waals surface area contributed by atoms with Crippen LogP contribution in [0.3, 0.4) is 0 Å². The predicted octanol–water partition coefficient (Wildman–Crippen LogP) is 4.81. The van der Waals surface area contributed by atoms with Crippen LogP contribution < -0.4 is 20.1 Å². The monoisotopic (exact) mass is 474 g/mol. The van der Waals surface area contributed by atoms with Crippen LogP contribution in [0.2, 0.25) is 0 Å². The number of amides is 2. The maximum atomic E-state index is 12.4. The second-order valence-corrected chi connectivity index (χ2v) is 7.29. The maximum Gasteiger partial charge on any atom is 0.513 e. The normalized spacial score (nSPS) is 10.5. The molecule has 8 heteroatoms. The minimum absolute atomic E-state index is 0.213. The lowest BCUT2D eigenvalue weighted by molar-refractivity contribution is -0.111. The molecule has 2 N–H and O–H groups in total. The van der Waals surface area contributed by atoms with Gasteiger partial charge in [-0.15, -0.1) is 0 Å². The van der Waals surface area contributed by atoms with Crippen LogP contribution in [-0.4, -0.2) is 31.7 Å². The summed E-state index contributed by atoms with van der Waals surface area (Å²) in [6, 6.07) is 20.7. The summed E-state index contributed by atoms with van der Waals surface area (Å²) in [6.45, 7) is 2.16. The van der Waals surface area contributed by atoms with Gasteiger partial charge in [0.25, 0.3) is 5.91 Å². The highest BCUT2D eigenvalue weighted by Gasteiger charge is 2.09. The zero-order valence-electron chi connectivity index (χ0n) is 19.4.